The van der Waals surface area contributed by atoms with Gasteiger partial charge in [0.2, 0.25) is 0 Å². The van der Waals surface area contributed by atoms with Gasteiger partial charge in [0.1, 0.15) is 6.10 Å². The van der Waals surface area contributed by atoms with Crippen LogP contribution in [-0.2, 0) is 0 Å². The summed E-state index contributed by atoms with van der Waals surface area (Å²) in [5.41, 5.74) is 1.12. The molecule has 6 nitrogen and oxygen atoms in total. The topological polar surface area (TPSA) is 82.7 Å². The van der Waals surface area contributed by atoms with Gasteiger partial charge in [-0.15, -0.1) is 0 Å². The van der Waals surface area contributed by atoms with E-state index in [9.17, 15) is 10.2 Å². The van der Waals surface area contributed by atoms with Gasteiger partial charge in [0.15, 0.2) is 5.65 Å². The minimum absolute atomic E-state index is 0.474. The standard InChI is InChI=1S/C11H16N4O2/c1-12-5-3-9(16)10(17)8-7-14-15-6-2-4-13-11(8)15/h2,4,6-7,9-10,12,16-17H,3,5H2,1H3. The Morgan fingerprint density at radius 2 is 2.29 bits per heavy atom. The lowest BCUT2D eigenvalue weighted by molar-refractivity contribution is 0.0147. The normalized spacial score (nSPS) is 15.0. The van der Waals surface area contributed by atoms with Gasteiger partial charge >= 0.3 is 0 Å². The highest BCUT2D eigenvalue weighted by Crippen LogP contribution is 2.21. The fraction of sp³-hybridized carbons (Fsp3) is 0.455. The first-order valence-corrected chi connectivity index (χ1v) is 5.53. The van der Waals surface area contributed by atoms with E-state index >= 15 is 0 Å². The Balaban J connectivity index is 2.21. The molecule has 3 N–H and O–H groups in total. The Bertz CT molecular complexity index is 485. The van der Waals surface area contributed by atoms with Gasteiger partial charge in [-0.1, -0.05) is 0 Å². The summed E-state index contributed by atoms with van der Waals surface area (Å²) in [6.07, 6.45) is 3.61. The van der Waals surface area contributed by atoms with Gasteiger partial charge < -0.3 is 15.5 Å². The van der Waals surface area contributed by atoms with Gasteiger partial charge in [0.25, 0.3) is 0 Å². The van der Waals surface area contributed by atoms with Crippen molar-refractivity contribution in [1.82, 2.24) is 19.9 Å². The number of nitrogens with one attached hydrogen (secondary N) is 1. The van der Waals surface area contributed by atoms with E-state index in [0.717, 1.165) is 0 Å². The molecule has 0 saturated carbocycles. The van der Waals surface area contributed by atoms with Crippen molar-refractivity contribution in [3.05, 3.63) is 30.2 Å². The summed E-state index contributed by atoms with van der Waals surface area (Å²) in [6, 6.07) is 1.76. The third kappa shape index (κ3) is 2.44. The molecule has 0 aliphatic carbocycles. The molecule has 2 unspecified atom stereocenters. The molecule has 0 aromatic carbocycles. The molecule has 2 aromatic heterocycles. The molecule has 0 fully saturated rings. The summed E-state index contributed by atoms with van der Waals surface area (Å²) in [5.74, 6) is 0. The Hall–Kier alpha value is -1.50. The van der Waals surface area contributed by atoms with Crippen LogP contribution in [0.1, 0.15) is 18.1 Å². The van der Waals surface area contributed by atoms with E-state index < -0.39 is 12.2 Å². The van der Waals surface area contributed by atoms with Crippen molar-refractivity contribution in [1.29, 1.82) is 0 Å². The van der Waals surface area contributed by atoms with E-state index in [2.05, 4.69) is 15.4 Å². The summed E-state index contributed by atoms with van der Waals surface area (Å²) in [4.78, 5) is 4.14. The second-order valence-electron chi connectivity index (χ2n) is 3.89. The van der Waals surface area contributed by atoms with E-state index in [1.54, 1.807) is 30.0 Å². The molecule has 0 radical (unpaired) electrons. The number of aliphatic hydroxyl groups excluding tert-OH is 2. The molecular formula is C11H16N4O2. The fourth-order valence-electron chi connectivity index (χ4n) is 1.71. The largest absolute Gasteiger partial charge is 0.390 e. The van der Waals surface area contributed by atoms with Gasteiger partial charge in [0.05, 0.1) is 12.3 Å². The van der Waals surface area contributed by atoms with Crippen LogP contribution in [0.3, 0.4) is 0 Å². The van der Waals surface area contributed by atoms with Gasteiger partial charge in [-0.3, -0.25) is 0 Å². The summed E-state index contributed by atoms with van der Waals surface area (Å²) in [7, 11) is 1.80. The maximum atomic E-state index is 10.0. The SMILES string of the molecule is CNCCC(O)C(O)c1cnn2cccnc12. The van der Waals surface area contributed by atoms with Crippen molar-refractivity contribution in [3.63, 3.8) is 0 Å². The zero-order valence-corrected chi connectivity index (χ0v) is 9.61. The lowest BCUT2D eigenvalue weighted by Gasteiger charge is -2.16. The van der Waals surface area contributed by atoms with Crippen LogP contribution in [-0.4, -0.2) is 44.5 Å². The quantitative estimate of drug-likeness (QED) is 0.666. The zero-order valence-electron chi connectivity index (χ0n) is 9.61. The third-order valence-electron chi connectivity index (χ3n) is 2.68. The first-order valence-electron chi connectivity index (χ1n) is 5.53. The predicted octanol–water partition coefficient (Wildman–Crippen LogP) is -0.267. The Morgan fingerprint density at radius 1 is 1.47 bits per heavy atom. The van der Waals surface area contributed by atoms with E-state index in [1.165, 1.54) is 6.20 Å². The van der Waals surface area contributed by atoms with Crippen LogP contribution in [0.5, 0.6) is 0 Å². The molecule has 2 heterocycles. The van der Waals surface area contributed by atoms with Crippen molar-refractivity contribution in [3.8, 4) is 0 Å². The van der Waals surface area contributed by atoms with Gasteiger partial charge in [-0.25, -0.2) is 9.50 Å². The number of hydrogen-bond acceptors (Lipinski definition) is 5. The maximum absolute atomic E-state index is 10.0. The molecule has 0 saturated heterocycles. The molecular weight excluding hydrogens is 220 g/mol. The second kappa shape index (κ2) is 5.22. The van der Waals surface area contributed by atoms with E-state index in [0.29, 0.717) is 24.2 Å². The molecule has 6 heteroatoms. The number of hydrogen-bond donors (Lipinski definition) is 3. The van der Waals surface area contributed by atoms with Crippen LogP contribution in [0.2, 0.25) is 0 Å². The molecule has 0 amide bonds. The molecule has 0 aliphatic rings. The molecule has 17 heavy (non-hydrogen) atoms. The molecule has 2 aromatic rings. The maximum Gasteiger partial charge on any atom is 0.160 e. The summed E-state index contributed by atoms with van der Waals surface area (Å²) >= 11 is 0. The zero-order chi connectivity index (χ0) is 12.3. The second-order valence-corrected chi connectivity index (χ2v) is 3.89. The Labute approximate surface area is 98.9 Å². The monoisotopic (exact) mass is 236 g/mol. The molecule has 0 aliphatic heterocycles. The highest BCUT2D eigenvalue weighted by Gasteiger charge is 2.22. The Kier molecular flexibility index (Phi) is 3.68. The summed E-state index contributed by atoms with van der Waals surface area (Å²) in [5, 5.41) is 26.9. The number of nitrogens with zero attached hydrogens (tertiary/aromatic N) is 3. The average Bonchev–Trinajstić information content (AvgIpc) is 2.78. The van der Waals surface area contributed by atoms with E-state index in [1.807, 2.05) is 0 Å². The van der Waals surface area contributed by atoms with E-state index in [-0.39, 0.29) is 0 Å². The lowest BCUT2D eigenvalue weighted by atomic mass is 10.1. The van der Waals surface area contributed by atoms with E-state index in [4.69, 9.17) is 0 Å². The first-order chi connectivity index (χ1) is 8.24. The van der Waals surface area contributed by atoms with Crippen LogP contribution in [0.25, 0.3) is 5.65 Å². The van der Waals surface area contributed by atoms with Crippen molar-refractivity contribution in [2.24, 2.45) is 0 Å². The molecule has 2 atom stereocenters. The van der Waals surface area contributed by atoms with Crippen molar-refractivity contribution < 1.29 is 10.2 Å². The fourth-order valence-corrected chi connectivity index (χ4v) is 1.71. The van der Waals surface area contributed by atoms with Crippen LogP contribution in [0.4, 0.5) is 0 Å². The van der Waals surface area contributed by atoms with Gasteiger partial charge in [0, 0.05) is 18.0 Å². The van der Waals surface area contributed by atoms with Crippen molar-refractivity contribution in [2.45, 2.75) is 18.6 Å². The van der Waals surface area contributed by atoms with Crippen LogP contribution >= 0.6 is 0 Å². The number of aromatic nitrogens is 3. The van der Waals surface area contributed by atoms with Gasteiger partial charge in [-0.05, 0) is 26.1 Å². The van der Waals surface area contributed by atoms with Crippen LogP contribution in [0, 0.1) is 0 Å². The minimum Gasteiger partial charge on any atom is -0.390 e. The van der Waals surface area contributed by atoms with Gasteiger partial charge in [-0.2, -0.15) is 5.10 Å². The molecule has 92 valence electrons. The Morgan fingerprint density at radius 3 is 3.06 bits per heavy atom. The average molecular weight is 236 g/mol. The number of aliphatic hydroxyl groups is 2. The molecule has 0 spiro atoms. The smallest absolute Gasteiger partial charge is 0.160 e. The van der Waals surface area contributed by atoms with Crippen molar-refractivity contribution >= 4 is 5.65 Å². The summed E-state index contributed by atoms with van der Waals surface area (Å²) in [6.45, 7) is 0.644. The number of rotatable bonds is 5. The van der Waals surface area contributed by atoms with Crippen LogP contribution in [0.15, 0.2) is 24.7 Å². The highest BCUT2D eigenvalue weighted by atomic mass is 16.3. The third-order valence-corrected chi connectivity index (χ3v) is 2.68. The lowest BCUT2D eigenvalue weighted by Crippen LogP contribution is -2.23. The minimum atomic E-state index is -0.962. The molecule has 0 bridgehead atoms. The predicted molar refractivity (Wildman–Crippen MR) is 62.5 cm³/mol. The van der Waals surface area contributed by atoms with Crippen molar-refractivity contribution in [2.75, 3.05) is 13.6 Å². The first kappa shape index (κ1) is 12.0. The number of fused-ring (bicyclic) bond motifs is 1. The highest BCUT2D eigenvalue weighted by molar-refractivity contribution is 5.47. The summed E-state index contributed by atoms with van der Waals surface area (Å²) < 4.78 is 1.57. The van der Waals surface area contributed by atoms with Crippen LogP contribution < -0.4 is 5.32 Å². The molecule has 2 rings (SSSR count).